The molecule has 1 aliphatic heterocycles. The van der Waals surface area contributed by atoms with Gasteiger partial charge in [-0.2, -0.15) is 13.2 Å². The molecule has 2 aromatic carbocycles. The van der Waals surface area contributed by atoms with Gasteiger partial charge in [0.1, 0.15) is 6.17 Å². The molecule has 6 nitrogen and oxygen atoms in total. The number of rotatable bonds is 4. The average Bonchev–Trinajstić information content (AvgIpc) is 3.17. The number of nitrogens with zero attached hydrogens (tertiary/aromatic N) is 2. The maximum Gasteiger partial charge on any atom is 0.416 e. The monoisotopic (exact) mass is 425 g/mol. The number of carbonyl (C=O) groups excluding carboxylic acids is 2. The standard InChI is InChI=1S/C20H19F4N3O3/c21-16-8-9-26(12-16)19(29)27(17-3-1-2-15(10-17)20(22,23)24)11-13-4-6-14(7-5-13)18(28)25-30/h1-7,10,16,30H,8-9,11-12H2,(H,25,28). The van der Waals surface area contributed by atoms with Crippen molar-refractivity contribution in [3.63, 3.8) is 0 Å². The number of halogens is 4. The van der Waals surface area contributed by atoms with E-state index in [1.54, 1.807) is 0 Å². The fourth-order valence-corrected chi connectivity index (χ4v) is 3.19. The highest BCUT2D eigenvalue weighted by atomic mass is 19.4. The van der Waals surface area contributed by atoms with E-state index in [-0.39, 0.29) is 37.3 Å². The highest BCUT2D eigenvalue weighted by molar-refractivity contribution is 5.94. The molecule has 2 aromatic rings. The molecular weight excluding hydrogens is 406 g/mol. The van der Waals surface area contributed by atoms with Gasteiger partial charge >= 0.3 is 12.2 Å². The van der Waals surface area contributed by atoms with Crippen LogP contribution in [0.1, 0.15) is 27.9 Å². The predicted octanol–water partition coefficient (Wildman–Crippen LogP) is 3.99. The lowest BCUT2D eigenvalue weighted by Crippen LogP contribution is -2.42. The maximum absolute atomic E-state index is 13.6. The molecule has 30 heavy (non-hydrogen) atoms. The van der Waals surface area contributed by atoms with E-state index in [0.717, 1.165) is 17.0 Å². The minimum Gasteiger partial charge on any atom is -0.321 e. The summed E-state index contributed by atoms with van der Waals surface area (Å²) in [5.74, 6) is -0.724. The molecule has 10 heteroatoms. The third-order valence-electron chi connectivity index (χ3n) is 4.78. The average molecular weight is 425 g/mol. The first kappa shape index (κ1) is 21.6. The number of hydrogen-bond donors (Lipinski definition) is 2. The molecule has 0 aliphatic carbocycles. The number of alkyl halides is 4. The number of likely N-dealkylation sites (tertiary alicyclic amines) is 1. The van der Waals surface area contributed by atoms with Crippen molar-refractivity contribution >= 4 is 17.6 Å². The van der Waals surface area contributed by atoms with Gasteiger partial charge in [0.2, 0.25) is 0 Å². The lowest BCUT2D eigenvalue weighted by molar-refractivity contribution is -0.137. The Morgan fingerprint density at radius 2 is 1.87 bits per heavy atom. The summed E-state index contributed by atoms with van der Waals surface area (Å²) in [4.78, 5) is 26.8. The highest BCUT2D eigenvalue weighted by Gasteiger charge is 2.33. The molecular formula is C20H19F4N3O3. The molecule has 2 N–H and O–H groups in total. The summed E-state index contributed by atoms with van der Waals surface area (Å²) >= 11 is 0. The minimum atomic E-state index is -4.58. The second kappa shape index (κ2) is 8.70. The zero-order valence-corrected chi connectivity index (χ0v) is 15.7. The third kappa shape index (κ3) is 4.88. The number of amides is 3. The Hall–Kier alpha value is -3.14. The number of anilines is 1. The van der Waals surface area contributed by atoms with Crippen LogP contribution in [-0.4, -0.2) is 41.3 Å². The van der Waals surface area contributed by atoms with Crippen LogP contribution < -0.4 is 10.4 Å². The van der Waals surface area contributed by atoms with Crippen molar-refractivity contribution in [2.24, 2.45) is 0 Å². The molecule has 3 rings (SSSR count). The van der Waals surface area contributed by atoms with E-state index in [1.807, 2.05) is 0 Å². The molecule has 1 heterocycles. The molecule has 1 unspecified atom stereocenters. The molecule has 3 amide bonds. The quantitative estimate of drug-likeness (QED) is 0.442. The second-order valence-corrected chi connectivity index (χ2v) is 6.89. The molecule has 0 bridgehead atoms. The van der Waals surface area contributed by atoms with Gasteiger partial charge in [-0.25, -0.2) is 14.7 Å². The highest BCUT2D eigenvalue weighted by Crippen LogP contribution is 2.32. The number of carbonyl (C=O) groups is 2. The van der Waals surface area contributed by atoms with Crippen LogP contribution in [0, 0.1) is 0 Å². The third-order valence-corrected chi connectivity index (χ3v) is 4.78. The van der Waals surface area contributed by atoms with Gasteiger partial charge in [0.15, 0.2) is 0 Å². The molecule has 160 valence electrons. The summed E-state index contributed by atoms with van der Waals surface area (Å²) in [5.41, 5.74) is 1.31. The van der Waals surface area contributed by atoms with Crippen molar-refractivity contribution in [1.29, 1.82) is 0 Å². The second-order valence-electron chi connectivity index (χ2n) is 6.89. The van der Waals surface area contributed by atoms with Gasteiger partial charge in [0, 0.05) is 17.8 Å². The van der Waals surface area contributed by atoms with Crippen molar-refractivity contribution in [3.8, 4) is 0 Å². The van der Waals surface area contributed by atoms with E-state index in [1.165, 1.54) is 46.8 Å². The lowest BCUT2D eigenvalue weighted by atomic mass is 10.1. The number of nitrogens with one attached hydrogen (secondary N) is 1. The van der Waals surface area contributed by atoms with E-state index >= 15 is 0 Å². The van der Waals surface area contributed by atoms with Gasteiger partial charge in [-0.05, 0) is 42.3 Å². The molecule has 0 radical (unpaired) electrons. The van der Waals surface area contributed by atoms with E-state index < -0.39 is 29.8 Å². The largest absolute Gasteiger partial charge is 0.416 e. The Kier molecular flexibility index (Phi) is 6.25. The molecule has 0 saturated carbocycles. The van der Waals surface area contributed by atoms with Crippen molar-refractivity contribution in [3.05, 3.63) is 65.2 Å². The number of urea groups is 1. The van der Waals surface area contributed by atoms with Gasteiger partial charge in [-0.15, -0.1) is 0 Å². The molecule has 1 fully saturated rings. The van der Waals surface area contributed by atoms with Gasteiger partial charge < -0.3 is 4.90 Å². The first-order valence-corrected chi connectivity index (χ1v) is 9.10. The summed E-state index contributed by atoms with van der Waals surface area (Å²) in [6.07, 6.45) is -5.58. The Morgan fingerprint density at radius 3 is 2.43 bits per heavy atom. The fourth-order valence-electron chi connectivity index (χ4n) is 3.19. The van der Waals surface area contributed by atoms with Crippen LogP contribution in [0.3, 0.4) is 0 Å². The Bertz CT molecular complexity index is 918. The molecule has 0 spiro atoms. The van der Waals surface area contributed by atoms with Crippen molar-refractivity contribution < 1.29 is 32.4 Å². The van der Waals surface area contributed by atoms with Crippen LogP contribution in [0.2, 0.25) is 0 Å². The van der Waals surface area contributed by atoms with E-state index in [2.05, 4.69) is 0 Å². The number of hydroxylamine groups is 1. The van der Waals surface area contributed by atoms with E-state index in [4.69, 9.17) is 5.21 Å². The minimum absolute atomic E-state index is 0.0225. The van der Waals surface area contributed by atoms with Crippen LogP contribution in [0.25, 0.3) is 0 Å². The van der Waals surface area contributed by atoms with Gasteiger partial charge in [-0.1, -0.05) is 18.2 Å². The normalized spacial score (nSPS) is 16.4. The lowest BCUT2D eigenvalue weighted by Gasteiger charge is -2.28. The Morgan fingerprint density at radius 1 is 1.17 bits per heavy atom. The van der Waals surface area contributed by atoms with Gasteiger partial charge in [-0.3, -0.25) is 14.9 Å². The zero-order valence-electron chi connectivity index (χ0n) is 15.7. The number of benzene rings is 2. The zero-order chi connectivity index (χ0) is 21.9. The summed E-state index contributed by atoms with van der Waals surface area (Å²) in [6.45, 7) is -0.0381. The van der Waals surface area contributed by atoms with Crippen molar-refractivity contribution in [1.82, 2.24) is 10.4 Å². The summed E-state index contributed by atoms with van der Waals surface area (Å²) in [5, 5.41) is 8.68. The predicted molar refractivity (Wildman–Crippen MR) is 99.8 cm³/mol. The van der Waals surface area contributed by atoms with Gasteiger partial charge in [0.25, 0.3) is 5.91 Å². The van der Waals surface area contributed by atoms with Crippen LogP contribution in [-0.2, 0) is 12.7 Å². The first-order chi connectivity index (χ1) is 14.2. The van der Waals surface area contributed by atoms with Crippen LogP contribution in [0.5, 0.6) is 0 Å². The van der Waals surface area contributed by atoms with Gasteiger partial charge in [0.05, 0.1) is 18.7 Å². The maximum atomic E-state index is 13.6. The topological polar surface area (TPSA) is 72.9 Å². The Balaban J connectivity index is 1.92. The first-order valence-electron chi connectivity index (χ1n) is 9.10. The summed E-state index contributed by atoms with van der Waals surface area (Å²) < 4.78 is 53.0. The smallest absolute Gasteiger partial charge is 0.321 e. The van der Waals surface area contributed by atoms with E-state index in [0.29, 0.717) is 5.56 Å². The van der Waals surface area contributed by atoms with Crippen LogP contribution >= 0.6 is 0 Å². The Labute approximate surface area is 169 Å². The summed E-state index contributed by atoms with van der Waals surface area (Å²) in [7, 11) is 0. The summed E-state index contributed by atoms with van der Waals surface area (Å²) in [6, 6.07) is 9.59. The molecule has 1 atom stereocenters. The van der Waals surface area contributed by atoms with Crippen molar-refractivity contribution in [2.75, 3.05) is 18.0 Å². The van der Waals surface area contributed by atoms with Crippen molar-refractivity contribution in [2.45, 2.75) is 25.3 Å². The van der Waals surface area contributed by atoms with E-state index in [9.17, 15) is 27.2 Å². The fraction of sp³-hybridized carbons (Fsp3) is 0.300. The SMILES string of the molecule is O=C(NO)c1ccc(CN(C(=O)N2CCC(F)C2)c2cccc(C(F)(F)F)c2)cc1. The van der Waals surface area contributed by atoms with Crippen LogP contribution in [0.15, 0.2) is 48.5 Å². The van der Waals surface area contributed by atoms with Crippen LogP contribution in [0.4, 0.5) is 28.0 Å². The molecule has 1 saturated heterocycles. The molecule has 0 aromatic heterocycles. The molecule has 1 aliphatic rings. The number of hydrogen-bond acceptors (Lipinski definition) is 3.